The van der Waals surface area contributed by atoms with E-state index in [2.05, 4.69) is 27.3 Å². The van der Waals surface area contributed by atoms with E-state index in [0.29, 0.717) is 36.3 Å². The maximum Gasteiger partial charge on any atom is 0.241 e. The third kappa shape index (κ3) is 5.51. The van der Waals surface area contributed by atoms with Crippen molar-refractivity contribution in [1.82, 2.24) is 15.0 Å². The first kappa shape index (κ1) is 22.8. The van der Waals surface area contributed by atoms with Gasteiger partial charge in [-0.3, -0.25) is 9.69 Å². The van der Waals surface area contributed by atoms with Crippen molar-refractivity contribution < 1.29 is 18.8 Å². The van der Waals surface area contributed by atoms with Crippen LogP contribution in [0, 0.1) is 5.92 Å². The number of nitrogens with zero attached hydrogens (tertiary/aromatic N) is 3. The average molecular weight is 451 g/mol. The van der Waals surface area contributed by atoms with Crippen molar-refractivity contribution in [2.45, 2.75) is 32.7 Å². The molecule has 4 rings (SSSR count). The number of ether oxygens (including phenoxy) is 2. The van der Waals surface area contributed by atoms with Gasteiger partial charge >= 0.3 is 0 Å². The predicted molar refractivity (Wildman–Crippen MR) is 125 cm³/mol. The van der Waals surface area contributed by atoms with Gasteiger partial charge < -0.3 is 19.3 Å². The summed E-state index contributed by atoms with van der Waals surface area (Å²) in [5.74, 6) is 2.25. The number of carbonyl (C=O) groups excluding carboxylic acids is 1. The van der Waals surface area contributed by atoms with E-state index in [0.717, 1.165) is 37.1 Å². The van der Waals surface area contributed by atoms with Gasteiger partial charge in [-0.1, -0.05) is 24.2 Å². The molecule has 1 fully saturated rings. The van der Waals surface area contributed by atoms with Crippen molar-refractivity contribution in [2.75, 3.05) is 32.6 Å². The van der Waals surface area contributed by atoms with Gasteiger partial charge in [-0.2, -0.15) is 4.98 Å². The van der Waals surface area contributed by atoms with Crippen molar-refractivity contribution in [3.05, 3.63) is 53.9 Å². The summed E-state index contributed by atoms with van der Waals surface area (Å²) >= 11 is 0. The molecule has 0 unspecified atom stereocenters. The first-order chi connectivity index (χ1) is 16.1. The zero-order valence-electron chi connectivity index (χ0n) is 19.3. The number of carbonyl (C=O) groups is 1. The Labute approximate surface area is 193 Å². The lowest BCUT2D eigenvalue weighted by Crippen LogP contribution is -2.40. The van der Waals surface area contributed by atoms with Crippen LogP contribution in [0.25, 0.3) is 11.4 Å². The van der Waals surface area contributed by atoms with E-state index in [9.17, 15) is 4.79 Å². The Morgan fingerprint density at radius 1 is 1.15 bits per heavy atom. The van der Waals surface area contributed by atoms with Crippen LogP contribution >= 0.6 is 0 Å². The molecule has 1 N–H and O–H groups in total. The molecule has 0 aliphatic carbocycles. The first-order valence-corrected chi connectivity index (χ1v) is 11.3. The topological polar surface area (TPSA) is 89.7 Å². The molecule has 2 heterocycles. The second-order valence-corrected chi connectivity index (χ2v) is 8.20. The first-order valence-electron chi connectivity index (χ1n) is 11.3. The van der Waals surface area contributed by atoms with Gasteiger partial charge in [-0.05, 0) is 61.7 Å². The molecule has 0 spiro atoms. The van der Waals surface area contributed by atoms with Gasteiger partial charge in [0.15, 0.2) is 11.5 Å². The van der Waals surface area contributed by atoms with Crippen molar-refractivity contribution >= 4 is 11.6 Å². The molecular formula is C25H30N4O4. The van der Waals surface area contributed by atoms with Crippen LogP contribution in [0.2, 0.25) is 0 Å². The molecule has 0 bridgehead atoms. The number of likely N-dealkylation sites (tertiary alicyclic amines) is 1. The molecule has 1 aromatic heterocycles. The predicted octanol–water partition coefficient (Wildman–Crippen LogP) is 4.17. The highest BCUT2D eigenvalue weighted by atomic mass is 16.5. The Bertz CT molecular complexity index is 1080. The van der Waals surface area contributed by atoms with Crippen molar-refractivity contribution in [3.8, 4) is 22.9 Å². The Morgan fingerprint density at radius 3 is 2.67 bits per heavy atom. The third-order valence-corrected chi connectivity index (χ3v) is 5.97. The van der Waals surface area contributed by atoms with Crippen LogP contribution in [0.15, 0.2) is 47.0 Å². The van der Waals surface area contributed by atoms with E-state index < -0.39 is 0 Å². The number of rotatable bonds is 8. The van der Waals surface area contributed by atoms with E-state index in [-0.39, 0.29) is 11.8 Å². The summed E-state index contributed by atoms with van der Waals surface area (Å²) in [5, 5.41) is 7.17. The Morgan fingerprint density at radius 2 is 1.94 bits per heavy atom. The smallest absolute Gasteiger partial charge is 0.241 e. The van der Waals surface area contributed by atoms with Crippen LogP contribution in [0.5, 0.6) is 11.5 Å². The third-order valence-electron chi connectivity index (χ3n) is 5.97. The minimum atomic E-state index is -0.0714. The van der Waals surface area contributed by atoms with E-state index in [1.54, 1.807) is 14.2 Å². The van der Waals surface area contributed by atoms with Crippen LogP contribution < -0.4 is 14.8 Å². The zero-order chi connectivity index (χ0) is 23.2. The maximum atomic E-state index is 12.8. The standard InChI is InChI=1S/C25H30N4O4/c1-4-17-7-10-20(11-8-17)26-25(30)19-6-5-13-29(15-19)16-23-27-24(28-33-23)18-9-12-21(31-2)22(14-18)32-3/h7-12,14,19H,4-6,13,15-16H2,1-3H3,(H,26,30)/t19-/m0/s1. The summed E-state index contributed by atoms with van der Waals surface area (Å²) in [6, 6.07) is 13.5. The summed E-state index contributed by atoms with van der Waals surface area (Å²) in [6.45, 7) is 4.18. The van der Waals surface area contributed by atoms with Gasteiger partial charge in [0.25, 0.3) is 0 Å². The van der Waals surface area contributed by atoms with Crippen molar-refractivity contribution in [2.24, 2.45) is 5.92 Å². The summed E-state index contributed by atoms with van der Waals surface area (Å²) < 4.78 is 16.1. The second kappa shape index (κ2) is 10.5. The van der Waals surface area contributed by atoms with E-state index in [1.807, 2.05) is 42.5 Å². The van der Waals surface area contributed by atoms with Crippen LogP contribution in [-0.2, 0) is 17.8 Å². The number of amides is 1. The van der Waals surface area contributed by atoms with E-state index in [1.165, 1.54) is 5.56 Å². The molecule has 1 aliphatic heterocycles. The lowest BCUT2D eigenvalue weighted by molar-refractivity contribution is -0.121. The van der Waals surface area contributed by atoms with E-state index >= 15 is 0 Å². The Hall–Kier alpha value is -3.39. The van der Waals surface area contributed by atoms with Crippen molar-refractivity contribution in [1.29, 1.82) is 0 Å². The SMILES string of the molecule is CCc1ccc(NC(=O)[C@H]2CCCN(Cc3nc(-c4ccc(OC)c(OC)c4)no3)C2)cc1. The number of hydrogen-bond acceptors (Lipinski definition) is 7. The van der Waals surface area contributed by atoms with Gasteiger partial charge in [0, 0.05) is 17.8 Å². The fourth-order valence-electron chi connectivity index (χ4n) is 4.08. The van der Waals surface area contributed by atoms with E-state index in [4.69, 9.17) is 14.0 Å². The van der Waals surface area contributed by atoms with Gasteiger partial charge in [0.05, 0.1) is 26.7 Å². The summed E-state index contributed by atoms with van der Waals surface area (Å²) in [6.07, 6.45) is 2.80. The molecule has 8 nitrogen and oxygen atoms in total. The number of aryl methyl sites for hydroxylation is 1. The normalized spacial score (nSPS) is 16.4. The summed E-state index contributed by atoms with van der Waals surface area (Å²) in [4.78, 5) is 19.5. The number of methoxy groups -OCH3 is 2. The number of benzene rings is 2. The van der Waals surface area contributed by atoms with Crippen molar-refractivity contribution in [3.63, 3.8) is 0 Å². The molecule has 8 heteroatoms. The molecule has 33 heavy (non-hydrogen) atoms. The number of piperidine rings is 1. The molecule has 1 aliphatic rings. The fourth-order valence-corrected chi connectivity index (χ4v) is 4.08. The van der Waals surface area contributed by atoms with Gasteiger partial charge in [0.2, 0.25) is 17.6 Å². The quantitative estimate of drug-likeness (QED) is 0.551. The largest absolute Gasteiger partial charge is 0.493 e. The molecule has 1 saturated heterocycles. The molecule has 2 aromatic carbocycles. The molecule has 174 valence electrons. The lowest BCUT2D eigenvalue weighted by Gasteiger charge is -2.30. The van der Waals surface area contributed by atoms with Gasteiger partial charge in [0.1, 0.15) is 0 Å². The molecule has 1 amide bonds. The molecule has 0 radical (unpaired) electrons. The average Bonchev–Trinajstić information content (AvgIpc) is 3.32. The minimum Gasteiger partial charge on any atom is -0.493 e. The number of anilines is 1. The molecule has 3 aromatic rings. The zero-order valence-corrected chi connectivity index (χ0v) is 19.3. The van der Waals surface area contributed by atoms with Crippen LogP contribution in [-0.4, -0.2) is 48.3 Å². The fraction of sp³-hybridized carbons (Fsp3) is 0.400. The van der Waals surface area contributed by atoms with Crippen LogP contribution in [0.1, 0.15) is 31.2 Å². The summed E-state index contributed by atoms with van der Waals surface area (Å²) in [7, 11) is 3.19. The Balaban J connectivity index is 1.36. The van der Waals surface area contributed by atoms with Crippen LogP contribution in [0.4, 0.5) is 5.69 Å². The number of aromatic nitrogens is 2. The molecule has 0 saturated carbocycles. The highest BCUT2D eigenvalue weighted by Gasteiger charge is 2.27. The monoisotopic (exact) mass is 450 g/mol. The van der Waals surface area contributed by atoms with Gasteiger partial charge in [-0.15, -0.1) is 0 Å². The molecular weight excluding hydrogens is 420 g/mol. The summed E-state index contributed by atoms with van der Waals surface area (Å²) in [5.41, 5.74) is 2.88. The second-order valence-electron chi connectivity index (χ2n) is 8.20. The van der Waals surface area contributed by atoms with Crippen LogP contribution in [0.3, 0.4) is 0 Å². The number of nitrogens with one attached hydrogen (secondary N) is 1. The highest BCUT2D eigenvalue weighted by molar-refractivity contribution is 5.92. The lowest BCUT2D eigenvalue weighted by atomic mass is 9.97. The molecule has 1 atom stereocenters. The Kier molecular flexibility index (Phi) is 7.24. The highest BCUT2D eigenvalue weighted by Crippen LogP contribution is 2.31. The van der Waals surface area contributed by atoms with Gasteiger partial charge in [-0.25, -0.2) is 0 Å². The minimum absolute atomic E-state index is 0.0560. The number of hydrogen-bond donors (Lipinski definition) is 1. The maximum absolute atomic E-state index is 12.8.